The molecule has 5 heteroatoms. The van der Waals surface area contributed by atoms with Crippen LogP contribution in [0.4, 0.5) is 5.69 Å². The molecule has 0 bridgehead atoms. The van der Waals surface area contributed by atoms with Crippen molar-refractivity contribution in [1.82, 2.24) is 4.90 Å². The van der Waals surface area contributed by atoms with E-state index in [1.165, 1.54) is 11.3 Å². The number of unbranched alkanes of at least 4 members (excludes halogenated alkanes) is 1. The zero-order valence-corrected chi connectivity index (χ0v) is 13.6. The van der Waals surface area contributed by atoms with Crippen LogP contribution in [-0.2, 0) is 0 Å². The molecule has 21 heavy (non-hydrogen) atoms. The number of methoxy groups -OCH3 is 1. The van der Waals surface area contributed by atoms with Gasteiger partial charge in [-0.25, -0.2) is 0 Å². The van der Waals surface area contributed by atoms with Crippen molar-refractivity contribution in [3.63, 3.8) is 0 Å². The fourth-order valence-corrected chi connectivity index (χ4v) is 3.47. The molecule has 1 aromatic carbocycles. The van der Waals surface area contributed by atoms with Gasteiger partial charge in [0.25, 0.3) is 5.91 Å². The second-order valence-electron chi connectivity index (χ2n) is 4.92. The van der Waals surface area contributed by atoms with Crippen LogP contribution in [0.15, 0.2) is 18.2 Å². The van der Waals surface area contributed by atoms with E-state index in [0.29, 0.717) is 17.1 Å². The molecule has 0 unspecified atom stereocenters. The highest BCUT2D eigenvalue weighted by atomic mass is 32.1. The van der Waals surface area contributed by atoms with E-state index in [9.17, 15) is 4.79 Å². The number of nitrogens with zero attached hydrogens (tertiary/aromatic N) is 1. The second kappa shape index (κ2) is 6.80. The van der Waals surface area contributed by atoms with Crippen molar-refractivity contribution in [2.24, 2.45) is 0 Å². The van der Waals surface area contributed by atoms with Crippen LogP contribution >= 0.6 is 11.3 Å². The maximum atomic E-state index is 12.7. The zero-order chi connectivity index (χ0) is 15.4. The molecule has 0 fully saturated rings. The van der Waals surface area contributed by atoms with Gasteiger partial charge in [-0.05, 0) is 25.5 Å². The van der Waals surface area contributed by atoms with Gasteiger partial charge in [0.15, 0.2) is 0 Å². The van der Waals surface area contributed by atoms with E-state index in [2.05, 4.69) is 6.92 Å². The van der Waals surface area contributed by atoms with E-state index in [-0.39, 0.29) is 5.91 Å². The Kier molecular flexibility index (Phi) is 5.07. The Bertz CT molecular complexity index is 636. The van der Waals surface area contributed by atoms with E-state index in [1.54, 1.807) is 7.11 Å². The van der Waals surface area contributed by atoms with E-state index in [4.69, 9.17) is 10.5 Å². The Balaban J connectivity index is 2.42. The van der Waals surface area contributed by atoms with Gasteiger partial charge in [-0.3, -0.25) is 4.79 Å². The highest BCUT2D eigenvalue weighted by Crippen LogP contribution is 2.39. The third kappa shape index (κ3) is 2.97. The van der Waals surface area contributed by atoms with E-state index in [0.717, 1.165) is 35.2 Å². The van der Waals surface area contributed by atoms with Crippen molar-refractivity contribution in [2.75, 3.05) is 25.9 Å². The fraction of sp³-hybridized carbons (Fsp3) is 0.438. The largest absolute Gasteiger partial charge is 0.496 e. The normalized spacial score (nSPS) is 10.8. The van der Waals surface area contributed by atoms with Gasteiger partial charge in [0, 0.05) is 17.8 Å². The molecule has 0 saturated carbocycles. The van der Waals surface area contributed by atoms with Crippen molar-refractivity contribution in [3.8, 4) is 5.75 Å². The number of hydrogen-bond acceptors (Lipinski definition) is 4. The molecule has 0 aliphatic carbocycles. The summed E-state index contributed by atoms with van der Waals surface area (Å²) in [4.78, 5) is 15.2. The first-order valence-electron chi connectivity index (χ1n) is 7.28. The lowest BCUT2D eigenvalue weighted by atomic mass is 10.2. The lowest BCUT2D eigenvalue weighted by Gasteiger charge is -2.20. The second-order valence-corrected chi connectivity index (χ2v) is 5.97. The van der Waals surface area contributed by atoms with Crippen molar-refractivity contribution in [1.29, 1.82) is 0 Å². The van der Waals surface area contributed by atoms with Gasteiger partial charge in [-0.2, -0.15) is 0 Å². The van der Waals surface area contributed by atoms with Gasteiger partial charge in [0.2, 0.25) is 0 Å². The van der Waals surface area contributed by atoms with Crippen molar-refractivity contribution < 1.29 is 9.53 Å². The maximum Gasteiger partial charge on any atom is 0.266 e. The van der Waals surface area contributed by atoms with Crippen LogP contribution in [0.3, 0.4) is 0 Å². The number of ether oxygens (including phenoxy) is 1. The summed E-state index contributed by atoms with van der Waals surface area (Å²) in [6, 6.07) is 5.76. The Morgan fingerprint density at radius 3 is 2.76 bits per heavy atom. The van der Waals surface area contributed by atoms with E-state index >= 15 is 0 Å². The molecule has 1 heterocycles. The summed E-state index contributed by atoms with van der Waals surface area (Å²) < 4.78 is 6.34. The molecule has 0 aliphatic rings. The molecule has 4 nitrogen and oxygen atoms in total. The first kappa shape index (κ1) is 15.6. The van der Waals surface area contributed by atoms with Crippen LogP contribution in [0, 0.1) is 0 Å². The number of nitrogen functional groups attached to an aromatic ring is 1. The topological polar surface area (TPSA) is 55.6 Å². The maximum absolute atomic E-state index is 12.7. The minimum Gasteiger partial charge on any atom is -0.496 e. The SMILES string of the molecule is CCCCN(CC)C(=O)c1sc2cccc(OC)c2c1N. The molecule has 2 N–H and O–H groups in total. The summed E-state index contributed by atoms with van der Waals surface area (Å²) in [5.74, 6) is 0.739. The summed E-state index contributed by atoms with van der Waals surface area (Å²) in [5.41, 5.74) is 6.75. The zero-order valence-electron chi connectivity index (χ0n) is 12.8. The molecule has 1 aromatic heterocycles. The first-order valence-corrected chi connectivity index (χ1v) is 8.09. The van der Waals surface area contributed by atoms with Crippen LogP contribution in [0.5, 0.6) is 5.75 Å². The molecule has 0 saturated heterocycles. The number of hydrogen-bond donors (Lipinski definition) is 1. The van der Waals surface area contributed by atoms with Gasteiger partial charge in [-0.1, -0.05) is 19.4 Å². The first-order chi connectivity index (χ1) is 10.1. The molecular formula is C16H22N2O2S. The number of thiophene rings is 1. The number of carbonyl (C=O) groups is 1. The Morgan fingerprint density at radius 2 is 2.14 bits per heavy atom. The van der Waals surface area contributed by atoms with Gasteiger partial charge in [0.05, 0.1) is 18.2 Å². The summed E-state index contributed by atoms with van der Waals surface area (Å²) >= 11 is 1.44. The molecule has 2 aromatic rings. The number of fused-ring (bicyclic) bond motifs is 1. The van der Waals surface area contributed by atoms with Crippen LogP contribution in [0.25, 0.3) is 10.1 Å². The van der Waals surface area contributed by atoms with Crippen molar-refractivity contribution in [3.05, 3.63) is 23.1 Å². The number of nitrogens with two attached hydrogens (primary N) is 1. The lowest BCUT2D eigenvalue weighted by molar-refractivity contribution is 0.0768. The number of amides is 1. The average Bonchev–Trinajstić information content (AvgIpc) is 2.85. The van der Waals surface area contributed by atoms with Gasteiger partial charge in [0.1, 0.15) is 10.6 Å². The summed E-state index contributed by atoms with van der Waals surface area (Å²) in [5, 5.41) is 0.847. The predicted octanol–water partition coefficient (Wildman–Crippen LogP) is 3.75. The predicted molar refractivity (Wildman–Crippen MR) is 89.3 cm³/mol. The summed E-state index contributed by atoms with van der Waals surface area (Å²) in [6.07, 6.45) is 2.08. The molecule has 0 spiro atoms. The van der Waals surface area contributed by atoms with Crippen molar-refractivity contribution >= 4 is 33.0 Å². The van der Waals surface area contributed by atoms with Crippen LogP contribution < -0.4 is 10.5 Å². The van der Waals surface area contributed by atoms with Crippen LogP contribution in [0.2, 0.25) is 0 Å². The molecule has 114 valence electrons. The summed E-state index contributed by atoms with van der Waals surface area (Å²) in [7, 11) is 1.62. The van der Waals surface area contributed by atoms with Crippen LogP contribution in [-0.4, -0.2) is 31.0 Å². The molecule has 1 amide bonds. The highest BCUT2D eigenvalue weighted by Gasteiger charge is 2.22. The standard InChI is InChI=1S/C16H22N2O2S/c1-4-6-10-18(5-2)16(19)15-14(17)13-11(20-3)8-7-9-12(13)21-15/h7-9H,4-6,10,17H2,1-3H3. The molecular weight excluding hydrogens is 284 g/mol. The highest BCUT2D eigenvalue weighted by molar-refractivity contribution is 7.21. The quantitative estimate of drug-likeness (QED) is 0.884. The Morgan fingerprint density at radius 1 is 1.38 bits per heavy atom. The fourth-order valence-electron chi connectivity index (χ4n) is 2.36. The van der Waals surface area contributed by atoms with Gasteiger partial charge in [-0.15, -0.1) is 11.3 Å². The number of anilines is 1. The third-order valence-electron chi connectivity index (χ3n) is 3.58. The molecule has 2 rings (SSSR count). The lowest BCUT2D eigenvalue weighted by Crippen LogP contribution is -2.31. The molecule has 0 aliphatic heterocycles. The Hall–Kier alpha value is -1.75. The average molecular weight is 306 g/mol. The third-order valence-corrected chi connectivity index (χ3v) is 4.74. The number of benzene rings is 1. The van der Waals surface area contributed by atoms with Gasteiger partial charge >= 0.3 is 0 Å². The van der Waals surface area contributed by atoms with Gasteiger partial charge < -0.3 is 15.4 Å². The Labute approximate surface area is 129 Å². The monoisotopic (exact) mass is 306 g/mol. The smallest absolute Gasteiger partial charge is 0.266 e. The molecule has 0 atom stereocenters. The van der Waals surface area contributed by atoms with E-state index < -0.39 is 0 Å². The van der Waals surface area contributed by atoms with Crippen molar-refractivity contribution in [2.45, 2.75) is 26.7 Å². The number of rotatable bonds is 6. The summed E-state index contributed by atoms with van der Waals surface area (Å²) in [6.45, 7) is 5.59. The minimum atomic E-state index is 0.0201. The van der Waals surface area contributed by atoms with Crippen LogP contribution in [0.1, 0.15) is 36.4 Å². The minimum absolute atomic E-state index is 0.0201. The molecule has 0 radical (unpaired) electrons. The number of carbonyl (C=O) groups excluding carboxylic acids is 1. The van der Waals surface area contributed by atoms with E-state index in [1.807, 2.05) is 30.0 Å².